The number of fused-ring (bicyclic) bond motifs is 3. The van der Waals surface area contributed by atoms with Crippen LogP contribution in [0.2, 0.25) is 0 Å². The minimum Gasteiger partial charge on any atom is -0.478 e. The lowest BCUT2D eigenvalue weighted by molar-refractivity contribution is -0.120. The van der Waals surface area contributed by atoms with E-state index in [1.54, 1.807) is 18.3 Å². The van der Waals surface area contributed by atoms with Crippen molar-refractivity contribution in [1.29, 1.82) is 0 Å². The molecule has 2 aliphatic rings. The summed E-state index contributed by atoms with van der Waals surface area (Å²) < 4.78 is 0. The fraction of sp³-hybridized carbons (Fsp3) is 0.200. The van der Waals surface area contributed by atoms with Gasteiger partial charge in [0.15, 0.2) is 0 Å². The van der Waals surface area contributed by atoms with Gasteiger partial charge >= 0.3 is 5.97 Å². The molecule has 0 fully saturated rings. The molecule has 136 valence electrons. The quantitative estimate of drug-likeness (QED) is 0.731. The molecule has 1 spiro atoms. The Morgan fingerprint density at radius 3 is 2.56 bits per heavy atom. The van der Waals surface area contributed by atoms with E-state index in [9.17, 15) is 9.59 Å². The highest BCUT2D eigenvalue weighted by molar-refractivity contribution is 6.06. The number of nitrogens with one attached hydrogen (secondary N) is 1. The molecule has 3 heterocycles. The van der Waals surface area contributed by atoms with Crippen LogP contribution in [-0.4, -0.2) is 27.0 Å². The van der Waals surface area contributed by atoms with Crippen molar-refractivity contribution in [3.63, 3.8) is 0 Å². The molecule has 0 radical (unpaired) electrons. The van der Waals surface area contributed by atoms with Crippen LogP contribution in [0.25, 0.3) is 0 Å². The molecule has 0 saturated heterocycles. The maximum Gasteiger partial charge on any atom is 0.337 e. The van der Waals surface area contributed by atoms with Crippen molar-refractivity contribution in [3.8, 4) is 0 Å². The summed E-state index contributed by atoms with van der Waals surface area (Å²) >= 11 is 0. The minimum atomic E-state index is -1.01. The maximum absolute atomic E-state index is 12.4. The highest BCUT2D eigenvalue weighted by atomic mass is 35.5. The molecule has 6 nitrogen and oxygen atoms in total. The van der Waals surface area contributed by atoms with Crippen LogP contribution in [0.1, 0.15) is 27.2 Å². The van der Waals surface area contributed by atoms with E-state index in [2.05, 4.69) is 15.3 Å². The molecule has 0 aromatic carbocycles. The Balaban J connectivity index is 0.00000144. The molecule has 10 heteroatoms. The molecule has 25 heavy (non-hydrogen) atoms. The number of halogens is 4. The van der Waals surface area contributed by atoms with Gasteiger partial charge in [-0.15, -0.1) is 49.6 Å². The van der Waals surface area contributed by atoms with E-state index < -0.39 is 11.4 Å². The largest absolute Gasteiger partial charge is 0.478 e. The molecule has 1 amide bonds. The summed E-state index contributed by atoms with van der Waals surface area (Å²) in [6.07, 6.45) is 3.92. The smallest absolute Gasteiger partial charge is 0.337 e. The Morgan fingerprint density at radius 2 is 1.88 bits per heavy atom. The predicted octanol–water partition coefficient (Wildman–Crippen LogP) is 2.85. The number of aromatic nitrogens is 2. The third-order valence-electron chi connectivity index (χ3n) is 4.26. The van der Waals surface area contributed by atoms with Crippen LogP contribution < -0.4 is 5.32 Å². The fourth-order valence-corrected chi connectivity index (χ4v) is 3.23. The first kappa shape index (κ1) is 23.4. The number of amides is 1. The van der Waals surface area contributed by atoms with Crippen molar-refractivity contribution in [3.05, 3.63) is 53.0 Å². The topological polar surface area (TPSA) is 92.2 Å². The van der Waals surface area contributed by atoms with Crippen molar-refractivity contribution in [2.45, 2.75) is 18.3 Å². The second-order valence-corrected chi connectivity index (χ2v) is 5.42. The molecule has 0 saturated carbocycles. The van der Waals surface area contributed by atoms with Gasteiger partial charge in [-0.3, -0.25) is 9.78 Å². The highest BCUT2D eigenvalue weighted by Gasteiger charge is 2.51. The first-order chi connectivity index (χ1) is 10.1. The van der Waals surface area contributed by atoms with Crippen molar-refractivity contribution in [2.75, 3.05) is 5.32 Å². The van der Waals surface area contributed by atoms with Crippen LogP contribution >= 0.6 is 49.6 Å². The van der Waals surface area contributed by atoms with Crippen molar-refractivity contribution < 1.29 is 14.7 Å². The summed E-state index contributed by atoms with van der Waals surface area (Å²) in [5, 5.41) is 11.9. The van der Waals surface area contributed by atoms with Gasteiger partial charge in [-0.25, -0.2) is 9.78 Å². The number of carboxylic acid groups (broad SMARTS) is 1. The molecular formula is C15H15Cl4N3O3. The lowest BCUT2D eigenvalue weighted by Gasteiger charge is -2.19. The van der Waals surface area contributed by atoms with Gasteiger partial charge in [0, 0.05) is 30.1 Å². The summed E-state index contributed by atoms with van der Waals surface area (Å²) in [6.45, 7) is 0. The van der Waals surface area contributed by atoms with E-state index in [4.69, 9.17) is 5.11 Å². The number of aromatic carboxylic acids is 1. The second kappa shape index (κ2) is 8.19. The van der Waals surface area contributed by atoms with Crippen LogP contribution in [0.5, 0.6) is 0 Å². The van der Waals surface area contributed by atoms with Gasteiger partial charge in [0.05, 0.1) is 11.0 Å². The van der Waals surface area contributed by atoms with E-state index >= 15 is 0 Å². The SMILES string of the molecule is Cl.Cl.Cl.Cl.O=C(O)c1cnc2c(c1)CC1(C2)C(=O)Nc2ncccc21. The molecule has 2 aromatic heterocycles. The van der Waals surface area contributed by atoms with Gasteiger partial charge in [-0.05, 0) is 24.1 Å². The Morgan fingerprint density at radius 1 is 1.16 bits per heavy atom. The molecule has 2 N–H and O–H groups in total. The number of pyridine rings is 2. The summed E-state index contributed by atoms with van der Waals surface area (Å²) in [7, 11) is 0. The molecule has 1 aliphatic carbocycles. The Bertz CT molecular complexity index is 818. The van der Waals surface area contributed by atoms with Crippen LogP contribution in [0.3, 0.4) is 0 Å². The normalized spacial score (nSPS) is 18.5. The van der Waals surface area contributed by atoms with Crippen LogP contribution in [-0.2, 0) is 23.1 Å². The van der Waals surface area contributed by atoms with Crippen LogP contribution in [0.15, 0.2) is 30.6 Å². The first-order valence-electron chi connectivity index (χ1n) is 6.58. The Kier molecular flexibility index (Phi) is 7.66. The van der Waals surface area contributed by atoms with E-state index in [1.165, 1.54) is 6.20 Å². The average Bonchev–Trinajstić information content (AvgIpc) is 2.98. The molecule has 1 aliphatic heterocycles. The Hall–Kier alpha value is -1.60. The lowest BCUT2D eigenvalue weighted by Crippen LogP contribution is -2.35. The number of carbonyl (C=O) groups is 2. The summed E-state index contributed by atoms with van der Waals surface area (Å²) in [4.78, 5) is 31.9. The van der Waals surface area contributed by atoms with Crippen molar-refractivity contribution >= 4 is 67.3 Å². The van der Waals surface area contributed by atoms with Gasteiger partial charge in [-0.1, -0.05) is 6.07 Å². The monoisotopic (exact) mass is 425 g/mol. The zero-order valence-corrected chi connectivity index (χ0v) is 15.9. The summed E-state index contributed by atoms with van der Waals surface area (Å²) in [6, 6.07) is 5.31. The molecular weight excluding hydrogens is 412 g/mol. The van der Waals surface area contributed by atoms with Gasteiger partial charge in [0.25, 0.3) is 0 Å². The molecule has 0 bridgehead atoms. The molecule has 2 aromatic rings. The average molecular weight is 427 g/mol. The van der Waals surface area contributed by atoms with Crippen LogP contribution in [0.4, 0.5) is 5.82 Å². The fourth-order valence-electron chi connectivity index (χ4n) is 3.23. The predicted molar refractivity (Wildman–Crippen MR) is 102 cm³/mol. The third kappa shape index (κ3) is 3.40. The zero-order chi connectivity index (χ0) is 14.6. The summed E-state index contributed by atoms with van der Waals surface area (Å²) in [5.74, 6) is -0.510. The highest BCUT2D eigenvalue weighted by Crippen LogP contribution is 2.45. The van der Waals surface area contributed by atoms with Gasteiger partial charge in [0.2, 0.25) is 5.91 Å². The number of carbonyl (C=O) groups excluding carboxylic acids is 1. The van der Waals surface area contributed by atoms with E-state index in [0.717, 1.165) is 16.8 Å². The third-order valence-corrected chi connectivity index (χ3v) is 4.26. The standard InChI is InChI=1S/C15H11N3O3.4ClH/c19-13(20)9-4-8-5-15(6-11(8)17-7-9)10-2-1-3-16-12(10)18-14(15)21;;;;/h1-4,7H,5-6H2,(H,19,20)(H,16,18,21);4*1H. The van der Waals surface area contributed by atoms with Gasteiger partial charge < -0.3 is 10.4 Å². The van der Waals surface area contributed by atoms with Crippen molar-refractivity contribution in [1.82, 2.24) is 9.97 Å². The number of carboxylic acids is 1. The van der Waals surface area contributed by atoms with Gasteiger partial charge in [0.1, 0.15) is 5.82 Å². The maximum atomic E-state index is 12.4. The minimum absolute atomic E-state index is 0. The lowest BCUT2D eigenvalue weighted by atomic mass is 9.80. The van der Waals surface area contributed by atoms with E-state index in [1.807, 2.05) is 6.07 Å². The number of anilines is 1. The number of hydrogen-bond donors (Lipinski definition) is 2. The second-order valence-electron chi connectivity index (χ2n) is 5.42. The van der Waals surface area contributed by atoms with Gasteiger partial charge in [-0.2, -0.15) is 0 Å². The molecule has 4 rings (SSSR count). The summed E-state index contributed by atoms with van der Waals surface area (Å²) in [5.41, 5.74) is 1.92. The molecule has 1 atom stereocenters. The first-order valence-corrected chi connectivity index (χ1v) is 6.58. The number of rotatable bonds is 1. The van der Waals surface area contributed by atoms with E-state index in [0.29, 0.717) is 18.7 Å². The molecule has 1 unspecified atom stereocenters. The number of hydrogen-bond acceptors (Lipinski definition) is 4. The number of nitrogens with zero attached hydrogens (tertiary/aromatic N) is 2. The van der Waals surface area contributed by atoms with E-state index in [-0.39, 0.29) is 61.1 Å². The van der Waals surface area contributed by atoms with Crippen LogP contribution in [0, 0.1) is 0 Å². The Labute approximate surface area is 168 Å². The van der Waals surface area contributed by atoms with Crippen molar-refractivity contribution in [2.24, 2.45) is 0 Å². The zero-order valence-electron chi connectivity index (χ0n) is 12.6.